The van der Waals surface area contributed by atoms with Gasteiger partial charge in [0, 0.05) is 18.0 Å². The van der Waals surface area contributed by atoms with Crippen LogP contribution < -0.4 is 21.2 Å². The average molecular weight is 287 g/mol. The molecule has 2 rings (SSSR count). The molecule has 6 heteroatoms. The normalized spacial score (nSPS) is 10.1. The Kier molecular flexibility index (Phi) is 4.61. The molecule has 0 aliphatic carbocycles. The third-order valence-corrected chi connectivity index (χ3v) is 2.87. The number of nitrogens with one attached hydrogen (secondary N) is 2. The molecule has 0 fully saturated rings. The second-order valence-corrected chi connectivity index (χ2v) is 4.54. The predicted molar refractivity (Wildman–Crippen MR) is 80.5 cm³/mol. The highest BCUT2D eigenvalue weighted by Crippen LogP contribution is 2.19. The van der Waals surface area contributed by atoms with Crippen molar-refractivity contribution in [3.63, 3.8) is 0 Å². The van der Waals surface area contributed by atoms with Crippen molar-refractivity contribution >= 4 is 11.6 Å². The zero-order chi connectivity index (χ0) is 15.2. The maximum atomic E-state index is 11.8. The Hall–Kier alpha value is -2.76. The van der Waals surface area contributed by atoms with E-state index >= 15 is 0 Å². The molecule has 0 radical (unpaired) electrons. The third kappa shape index (κ3) is 3.85. The number of ether oxygens (including phenoxy) is 1. The third-order valence-electron chi connectivity index (χ3n) is 2.87. The van der Waals surface area contributed by atoms with Crippen molar-refractivity contribution in [3.8, 4) is 5.75 Å². The number of pyridine rings is 1. The van der Waals surface area contributed by atoms with Crippen LogP contribution in [0.1, 0.15) is 16.1 Å². The van der Waals surface area contributed by atoms with Gasteiger partial charge in [-0.15, -0.1) is 0 Å². The molecule has 4 N–H and O–H groups in total. The highest BCUT2D eigenvalue weighted by Gasteiger charge is 2.09. The number of benzene rings is 1. The van der Waals surface area contributed by atoms with Crippen LogP contribution in [-0.4, -0.2) is 24.0 Å². The molecule has 1 aromatic carbocycles. The van der Waals surface area contributed by atoms with E-state index in [9.17, 15) is 9.59 Å². The fourth-order valence-corrected chi connectivity index (χ4v) is 1.78. The van der Waals surface area contributed by atoms with Gasteiger partial charge in [-0.25, -0.2) is 0 Å². The lowest BCUT2D eigenvalue weighted by Gasteiger charge is -2.09. The number of aryl methyl sites for hydroxylation is 1. The van der Waals surface area contributed by atoms with Crippen LogP contribution >= 0.6 is 0 Å². The van der Waals surface area contributed by atoms with Crippen molar-refractivity contribution in [1.82, 2.24) is 10.3 Å². The van der Waals surface area contributed by atoms with Gasteiger partial charge in [0.2, 0.25) is 0 Å². The number of H-pyrrole nitrogens is 1. The second-order valence-electron chi connectivity index (χ2n) is 4.54. The monoisotopic (exact) mass is 287 g/mol. The highest BCUT2D eigenvalue weighted by molar-refractivity contribution is 5.93. The maximum absolute atomic E-state index is 11.8. The number of aromatic amines is 1. The van der Waals surface area contributed by atoms with Gasteiger partial charge in [0.05, 0.1) is 12.2 Å². The molecule has 0 atom stereocenters. The van der Waals surface area contributed by atoms with Crippen LogP contribution in [0.3, 0.4) is 0 Å². The molecule has 0 aliphatic heterocycles. The van der Waals surface area contributed by atoms with Gasteiger partial charge in [-0.05, 0) is 19.1 Å². The molecule has 2 aromatic rings. The summed E-state index contributed by atoms with van der Waals surface area (Å²) in [6, 6.07) is 8.50. The first-order chi connectivity index (χ1) is 10.1. The number of para-hydroxylation sites is 2. The average Bonchev–Trinajstić information content (AvgIpc) is 2.45. The number of amides is 1. The molecule has 110 valence electrons. The number of anilines is 1. The molecule has 1 amide bonds. The summed E-state index contributed by atoms with van der Waals surface area (Å²) in [7, 11) is 0. The zero-order valence-corrected chi connectivity index (χ0v) is 11.7. The minimum Gasteiger partial charge on any atom is -0.490 e. The smallest absolute Gasteiger partial charge is 0.256 e. The molecule has 1 aromatic heterocycles. The number of aromatic nitrogens is 1. The van der Waals surface area contributed by atoms with E-state index in [1.54, 1.807) is 19.1 Å². The molecule has 0 spiro atoms. The Morgan fingerprint density at radius 3 is 2.86 bits per heavy atom. The Bertz CT molecular complexity index is 695. The van der Waals surface area contributed by atoms with E-state index < -0.39 is 5.91 Å². The number of carbonyl (C=O) groups is 1. The minimum absolute atomic E-state index is 0.0832. The van der Waals surface area contributed by atoms with Crippen LogP contribution in [0, 0.1) is 6.92 Å². The zero-order valence-electron chi connectivity index (χ0n) is 11.7. The van der Waals surface area contributed by atoms with Crippen LogP contribution in [0.2, 0.25) is 0 Å². The lowest BCUT2D eigenvalue weighted by molar-refractivity contribution is 0.0945. The van der Waals surface area contributed by atoms with Crippen molar-refractivity contribution in [3.05, 3.63) is 58.0 Å². The summed E-state index contributed by atoms with van der Waals surface area (Å²) in [5.41, 5.74) is 6.75. The number of nitrogen functional groups attached to an aromatic ring is 1. The van der Waals surface area contributed by atoms with Crippen molar-refractivity contribution < 1.29 is 9.53 Å². The summed E-state index contributed by atoms with van der Waals surface area (Å²) in [6.07, 6.45) is 1.41. The largest absolute Gasteiger partial charge is 0.490 e. The lowest BCUT2D eigenvalue weighted by atomic mass is 10.2. The number of rotatable bonds is 5. The van der Waals surface area contributed by atoms with Crippen LogP contribution in [0.15, 0.2) is 41.3 Å². The molecule has 21 heavy (non-hydrogen) atoms. The standard InChI is InChI=1S/C15H17N3O3/c1-10-8-13(19)11(9-18-10)15(20)17-6-7-21-14-5-3-2-4-12(14)16/h2-5,8-9H,6-7,16H2,1H3,(H,17,20)(H,18,19). The molecule has 0 saturated carbocycles. The SMILES string of the molecule is Cc1cc(=O)c(C(=O)NCCOc2ccccc2N)c[nH]1. The Morgan fingerprint density at radius 2 is 2.14 bits per heavy atom. The van der Waals surface area contributed by atoms with Crippen molar-refractivity contribution in [1.29, 1.82) is 0 Å². The van der Waals surface area contributed by atoms with Gasteiger partial charge in [-0.1, -0.05) is 12.1 Å². The number of hydrogen-bond acceptors (Lipinski definition) is 4. The lowest BCUT2D eigenvalue weighted by Crippen LogP contribution is -2.31. The van der Waals surface area contributed by atoms with E-state index in [4.69, 9.17) is 10.5 Å². The molecule has 0 bridgehead atoms. The van der Waals surface area contributed by atoms with Crippen molar-refractivity contribution in [2.75, 3.05) is 18.9 Å². The van der Waals surface area contributed by atoms with Crippen LogP contribution in [-0.2, 0) is 0 Å². The Labute approximate surface area is 121 Å². The molecule has 6 nitrogen and oxygen atoms in total. The molecule has 0 aliphatic rings. The van der Waals surface area contributed by atoms with Gasteiger partial charge in [-0.3, -0.25) is 9.59 Å². The predicted octanol–water partition coefficient (Wildman–Crippen LogP) is 1.07. The maximum Gasteiger partial charge on any atom is 0.256 e. The molecule has 1 heterocycles. The second kappa shape index (κ2) is 6.60. The van der Waals surface area contributed by atoms with Crippen molar-refractivity contribution in [2.24, 2.45) is 0 Å². The van der Waals surface area contributed by atoms with Gasteiger partial charge in [-0.2, -0.15) is 0 Å². The molecule has 0 saturated heterocycles. The van der Waals surface area contributed by atoms with Crippen LogP contribution in [0.5, 0.6) is 5.75 Å². The minimum atomic E-state index is -0.430. The summed E-state index contributed by atoms with van der Waals surface area (Å²) < 4.78 is 5.45. The number of hydrogen-bond donors (Lipinski definition) is 3. The molecule has 0 unspecified atom stereocenters. The van der Waals surface area contributed by atoms with E-state index in [-0.39, 0.29) is 24.1 Å². The van der Waals surface area contributed by atoms with Crippen LogP contribution in [0.25, 0.3) is 0 Å². The number of nitrogens with two attached hydrogens (primary N) is 1. The Balaban J connectivity index is 1.85. The first kappa shape index (κ1) is 14.6. The van der Waals surface area contributed by atoms with E-state index in [1.807, 2.05) is 12.1 Å². The molecular formula is C15H17N3O3. The first-order valence-electron chi connectivity index (χ1n) is 6.53. The van der Waals surface area contributed by atoms with Crippen molar-refractivity contribution in [2.45, 2.75) is 6.92 Å². The number of carbonyl (C=O) groups excluding carboxylic acids is 1. The summed E-state index contributed by atoms with van der Waals surface area (Å²) >= 11 is 0. The fourth-order valence-electron chi connectivity index (χ4n) is 1.78. The van der Waals surface area contributed by atoms with E-state index in [1.165, 1.54) is 12.3 Å². The quantitative estimate of drug-likeness (QED) is 0.566. The summed E-state index contributed by atoms with van der Waals surface area (Å²) in [4.78, 5) is 26.3. The summed E-state index contributed by atoms with van der Waals surface area (Å²) in [5.74, 6) is 0.140. The van der Waals surface area contributed by atoms with Gasteiger partial charge < -0.3 is 20.8 Å². The fraction of sp³-hybridized carbons (Fsp3) is 0.200. The summed E-state index contributed by atoms with van der Waals surface area (Å²) in [5, 5.41) is 2.62. The molecular weight excluding hydrogens is 270 g/mol. The first-order valence-corrected chi connectivity index (χ1v) is 6.53. The van der Waals surface area contributed by atoms with Gasteiger partial charge in [0.25, 0.3) is 5.91 Å². The topological polar surface area (TPSA) is 97.2 Å². The van der Waals surface area contributed by atoms with E-state index in [0.29, 0.717) is 17.1 Å². The van der Waals surface area contributed by atoms with E-state index in [2.05, 4.69) is 10.3 Å². The van der Waals surface area contributed by atoms with Gasteiger partial charge in [0.15, 0.2) is 5.43 Å². The van der Waals surface area contributed by atoms with Crippen LogP contribution in [0.4, 0.5) is 5.69 Å². The highest BCUT2D eigenvalue weighted by atomic mass is 16.5. The van der Waals surface area contributed by atoms with Gasteiger partial charge >= 0.3 is 0 Å². The summed E-state index contributed by atoms with van der Waals surface area (Å²) in [6.45, 7) is 2.30. The van der Waals surface area contributed by atoms with Gasteiger partial charge in [0.1, 0.15) is 17.9 Å². The van der Waals surface area contributed by atoms with E-state index in [0.717, 1.165) is 0 Å². The Morgan fingerprint density at radius 1 is 1.38 bits per heavy atom.